The van der Waals surface area contributed by atoms with Crippen LogP contribution in [0.2, 0.25) is 0 Å². The molecule has 1 aliphatic rings. The van der Waals surface area contributed by atoms with Gasteiger partial charge in [-0.25, -0.2) is 9.78 Å². The largest absolute Gasteiger partial charge is 0.493 e. The van der Waals surface area contributed by atoms with Crippen molar-refractivity contribution in [3.63, 3.8) is 0 Å². The maximum absolute atomic E-state index is 11.5. The summed E-state index contributed by atoms with van der Waals surface area (Å²) in [5.74, 6) is 0.0941. The van der Waals surface area contributed by atoms with Gasteiger partial charge < -0.3 is 18.8 Å². The number of hydrogen-bond acceptors (Lipinski definition) is 4. The van der Waals surface area contributed by atoms with Crippen LogP contribution in [0.25, 0.3) is 22.4 Å². The van der Waals surface area contributed by atoms with Gasteiger partial charge in [0.1, 0.15) is 23.2 Å². The van der Waals surface area contributed by atoms with Gasteiger partial charge in [0, 0.05) is 6.04 Å². The number of hydrogen-bond donors (Lipinski definition) is 1. The standard InChI is InChI=1S/C19H20N2O4/c1-24-17-14(19(22)23)7-8-15-16(17)20-18(12-9-10-25-11-12)21(15)13-5-3-2-4-6-13/h7-11,13H,2-6H2,1H3,(H,22,23). The van der Waals surface area contributed by atoms with Gasteiger partial charge in [0.15, 0.2) is 5.75 Å². The predicted molar refractivity (Wildman–Crippen MR) is 93.1 cm³/mol. The molecule has 25 heavy (non-hydrogen) atoms. The third-order valence-corrected chi connectivity index (χ3v) is 4.97. The molecule has 0 bridgehead atoms. The second kappa shape index (κ2) is 6.27. The zero-order valence-corrected chi connectivity index (χ0v) is 14.1. The lowest BCUT2D eigenvalue weighted by molar-refractivity contribution is 0.0693. The fourth-order valence-corrected chi connectivity index (χ4v) is 3.82. The van der Waals surface area contributed by atoms with Crippen LogP contribution in [0.5, 0.6) is 5.75 Å². The van der Waals surface area contributed by atoms with Gasteiger partial charge in [-0.15, -0.1) is 0 Å². The minimum Gasteiger partial charge on any atom is -0.493 e. The van der Waals surface area contributed by atoms with E-state index in [1.54, 1.807) is 18.6 Å². The highest BCUT2D eigenvalue weighted by atomic mass is 16.5. The van der Waals surface area contributed by atoms with Crippen molar-refractivity contribution in [2.75, 3.05) is 7.11 Å². The van der Waals surface area contributed by atoms with Crippen molar-refractivity contribution < 1.29 is 19.1 Å². The van der Waals surface area contributed by atoms with Gasteiger partial charge in [0.05, 0.1) is 24.5 Å². The zero-order chi connectivity index (χ0) is 17.4. The van der Waals surface area contributed by atoms with Gasteiger partial charge in [-0.3, -0.25) is 0 Å². The molecule has 0 atom stereocenters. The summed E-state index contributed by atoms with van der Waals surface area (Å²) in [6, 6.07) is 5.67. The number of furan rings is 1. The normalized spacial score (nSPS) is 15.6. The zero-order valence-electron chi connectivity index (χ0n) is 14.1. The van der Waals surface area contributed by atoms with Crippen LogP contribution in [0.1, 0.15) is 48.5 Å². The van der Waals surface area contributed by atoms with Gasteiger partial charge in [0.25, 0.3) is 0 Å². The van der Waals surface area contributed by atoms with E-state index in [4.69, 9.17) is 14.1 Å². The highest BCUT2D eigenvalue weighted by molar-refractivity contribution is 5.99. The van der Waals surface area contributed by atoms with E-state index in [1.807, 2.05) is 12.1 Å². The van der Waals surface area contributed by atoms with Gasteiger partial charge in [-0.1, -0.05) is 19.3 Å². The molecule has 0 radical (unpaired) electrons. The predicted octanol–water partition coefficient (Wildman–Crippen LogP) is 4.51. The number of rotatable bonds is 4. The molecular formula is C19H20N2O4. The molecule has 0 amide bonds. The van der Waals surface area contributed by atoms with Crippen LogP contribution in [-0.2, 0) is 0 Å². The van der Waals surface area contributed by atoms with E-state index in [1.165, 1.54) is 26.4 Å². The van der Waals surface area contributed by atoms with E-state index in [2.05, 4.69) is 4.57 Å². The maximum atomic E-state index is 11.5. The molecule has 2 aromatic heterocycles. The lowest BCUT2D eigenvalue weighted by Crippen LogP contribution is -2.14. The van der Waals surface area contributed by atoms with Gasteiger partial charge >= 0.3 is 5.97 Å². The molecule has 0 saturated heterocycles. The van der Waals surface area contributed by atoms with Crippen molar-refractivity contribution in [1.82, 2.24) is 9.55 Å². The summed E-state index contributed by atoms with van der Waals surface area (Å²) >= 11 is 0. The van der Waals surface area contributed by atoms with Crippen molar-refractivity contribution >= 4 is 17.0 Å². The molecule has 1 aromatic carbocycles. The van der Waals surface area contributed by atoms with Crippen LogP contribution in [0.3, 0.4) is 0 Å². The number of carbonyl (C=O) groups is 1. The maximum Gasteiger partial charge on any atom is 0.339 e. The monoisotopic (exact) mass is 340 g/mol. The molecule has 130 valence electrons. The van der Waals surface area contributed by atoms with Crippen LogP contribution < -0.4 is 4.74 Å². The second-order valence-electron chi connectivity index (χ2n) is 6.43. The Kier molecular flexibility index (Phi) is 3.95. The summed E-state index contributed by atoms with van der Waals surface area (Å²) in [5, 5.41) is 9.44. The summed E-state index contributed by atoms with van der Waals surface area (Å²) in [5.41, 5.74) is 2.51. The average Bonchev–Trinajstić information content (AvgIpc) is 3.28. The number of methoxy groups -OCH3 is 1. The second-order valence-corrected chi connectivity index (χ2v) is 6.43. The Hall–Kier alpha value is -2.76. The number of carboxylic acid groups (broad SMARTS) is 1. The highest BCUT2D eigenvalue weighted by Gasteiger charge is 2.26. The first-order valence-corrected chi connectivity index (χ1v) is 8.55. The Balaban J connectivity index is 1.99. The van der Waals surface area contributed by atoms with E-state index in [0.717, 1.165) is 29.7 Å². The number of imidazole rings is 1. The molecule has 4 rings (SSSR count). The number of carboxylic acids is 1. The Morgan fingerprint density at radius 2 is 2.08 bits per heavy atom. The molecule has 0 spiro atoms. The lowest BCUT2D eigenvalue weighted by Gasteiger charge is -2.25. The summed E-state index contributed by atoms with van der Waals surface area (Å²) in [4.78, 5) is 16.3. The van der Waals surface area contributed by atoms with Crippen molar-refractivity contribution in [2.24, 2.45) is 0 Å². The third-order valence-electron chi connectivity index (χ3n) is 4.97. The van der Waals surface area contributed by atoms with Gasteiger partial charge in [-0.2, -0.15) is 0 Å². The molecule has 0 aliphatic heterocycles. The third kappa shape index (κ3) is 2.58. The molecule has 1 aliphatic carbocycles. The fraction of sp³-hybridized carbons (Fsp3) is 0.368. The molecule has 3 aromatic rings. The number of fused-ring (bicyclic) bond motifs is 1. The first kappa shape index (κ1) is 15.7. The van der Waals surface area contributed by atoms with Crippen molar-refractivity contribution in [3.05, 3.63) is 36.3 Å². The molecule has 6 heteroatoms. The highest BCUT2D eigenvalue weighted by Crippen LogP contribution is 2.39. The summed E-state index contributed by atoms with van der Waals surface area (Å²) < 4.78 is 12.9. The number of nitrogens with zero attached hydrogens (tertiary/aromatic N) is 2. The van der Waals surface area contributed by atoms with Crippen LogP contribution in [-0.4, -0.2) is 27.7 Å². The molecule has 1 saturated carbocycles. The number of aromatic carboxylic acids is 1. The van der Waals surface area contributed by atoms with Gasteiger partial charge in [-0.05, 0) is 31.0 Å². The van der Waals surface area contributed by atoms with E-state index < -0.39 is 5.97 Å². The van der Waals surface area contributed by atoms with E-state index in [9.17, 15) is 9.90 Å². The Morgan fingerprint density at radius 3 is 2.72 bits per heavy atom. The van der Waals surface area contributed by atoms with E-state index in [-0.39, 0.29) is 5.56 Å². The minimum absolute atomic E-state index is 0.127. The molecular weight excluding hydrogens is 320 g/mol. The quantitative estimate of drug-likeness (QED) is 0.756. The number of aromatic nitrogens is 2. The van der Waals surface area contributed by atoms with Crippen LogP contribution in [0, 0.1) is 0 Å². The minimum atomic E-state index is -1.02. The average molecular weight is 340 g/mol. The molecule has 6 nitrogen and oxygen atoms in total. The first-order chi connectivity index (χ1) is 12.2. The molecule has 0 unspecified atom stereocenters. The SMILES string of the molecule is COc1c(C(=O)O)ccc2c1nc(-c1ccoc1)n2C1CCCCC1. The Morgan fingerprint density at radius 1 is 1.28 bits per heavy atom. The number of ether oxygens (including phenoxy) is 1. The molecule has 1 N–H and O–H groups in total. The molecule has 2 heterocycles. The lowest BCUT2D eigenvalue weighted by atomic mass is 9.95. The smallest absolute Gasteiger partial charge is 0.339 e. The summed E-state index contributed by atoms with van der Waals surface area (Å²) in [6.45, 7) is 0. The van der Waals surface area contributed by atoms with Crippen molar-refractivity contribution in [2.45, 2.75) is 38.1 Å². The topological polar surface area (TPSA) is 77.5 Å². The van der Waals surface area contributed by atoms with Crippen molar-refractivity contribution in [1.29, 1.82) is 0 Å². The van der Waals surface area contributed by atoms with Crippen LogP contribution in [0.15, 0.2) is 35.1 Å². The van der Waals surface area contributed by atoms with Gasteiger partial charge in [0.2, 0.25) is 0 Å². The summed E-state index contributed by atoms with van der Waals surface area (Å²) in [6.07, 6.45) is 9.14. The van der Waals surface area contributed by atoms with E-state index >= 15 is 0 Å². The Labute approximate surface area is 145 Å². The number of benzene rings is 1. The fourth-order valence-electron chi connectivity index (χ4n) is 3.82. The van der Waals surface area contributed by atoms with Crippen LogP contribution >= 0.6 is 0 Å². The summed E-state index contributed by atoms with van der Waals surface area (Å²) in [7, 11) is 1.48. The molecule has 1 fully saturated rings. The first-order valence-electron chi connectivity index (χ1n) is 8.55. The van der Waals surface area contributed by atoms with Crippen LogP contribution in [0.4, 0.5) is 0 Å². The van der Waals surface area contributed by atoms with E-state index in [0.29, 0.717) is 17.3 Å². The van der Waals surface area contributed by atoms with Crippen molar-refractivity contribution in [3.8, 4) is 17.1 Å². The Bertz CT molecular complexity index is 905.